The van der Waals surface area contributed by atoms with E-state index in [9.17, 15) is 22.0 Å². The zero-order valence-corrected chi connectivity index (χ0v) is 11.7. The molecule has 0 heterocycles. The molecule has 20 heavy (non-hydrogen) atoms. The van der Waals surface area contributed by atoms with Gasteiger partial charge in [-0.3, -0.25) is 4.79 Å². The van der Waals surface area contributed by atoms with Crippen molar-refractivity contribution in [1.82, 2.24) is 4.72 Å². The molecule has 0 saturated carbocycles. The van der Waals surface area contributed by atoms with Crippen molar-refractivity contribution in [2.75, 3.05) is 0 Å². The van der Waals surface area contributed by atoms with E-state index in [2.05, 4.69) is 0 Å². The van der Waals surface area contributed by atoms with E-state index in [0.29, 0.717) is 18.6 Å². The summed E-state index contributed by atoms with van der Waals surface area (Å²) in [7, 11) is -4.46. The highest BCUT2D eigenvalue weighted by atomic mass is 32.2. The number of hydrogen-bond donors (Lipinski definition) is 2. The molecule has 0 aliphatic rings. The maximum absolute atomic E-state index is 13.5. The molecule has 0 unspecified atom stereocenters. The molecule has 0 saturated heterocycles. The Hall–Kier alpha value is -1.54. The van der Waals surface area contributed by atoms with E-state index in [4.69, 9.17) is 5.11 Å². The fraction of sp³-hybridized carbons (Fsp3) is 0.417. The summed E-state index contributed by atoms with van der Waals surface area (Å²) in [6.07, 6.45) is 0.408. The normalized spacial score (nSPS) is 14.8. The summed E-state index contributed by atoms with van der Waals surface area (Å²) in [5.41, 5.74) is 0. The lowest BCUT2D eigenvalue weighted by Crippen LogP contribution is -2.45. The van der Waals surface area contributed by atoms with Gasteiger partial charge in [0.15, 0.2) is 0 Å². The highest BCUT2D eigenvalue weighted by Gasteiger charge is 2.31. The molecule has 0 aliphatic heterocycles. The lowest BCUT2D eigenvalue weighted by Gasteiger charge is -2.20. The maximum Gasteiger partial charge on any atom is 0.322 e. The molecule has 0 radical (unpaired) electrons. The first-order valence-electron chi connectivity index (χ1n) is 5.89. The summed E-state index contributed by atoms with van der Waals surface area (Å²) in [5, 5.41) is 9.01. The summed E-state index contributed by atoms with van der Waals surface area (Å²) < 4.78 is 52.3. The van der Waals surface area contributed by atoms with Crippen molar-refractivity contribution >= 4 is 16.0 Å². The fourth-order valence-corrected chi connectivity index (χ4v) is 2.95. The Morgan fingerprint density at radius 2 is 2.00 bits per heavy atom. The van der Waals surface area contributed by atoms with Crippen LogP contribution in [0.5, 0.6) is 0 Å². The van der Waals surface area contributed by atoms with Gasteiger partial charge in [-0.25, -0.2) is 17.2 Å². The lowest BCUT2D eigenvalue weighted by atomic mass is 10.0. The number of halogens is 2. The van der Waals surface area contributed by atoms with Crippen molar-refractivity contribution in [1.29, 1.82) is 0 Å². The summed E-state index contributed by atoms with van der Waals surface area (Å²) in [4.78, 5) is 10.2. The van der Waals surface area contributed by atoms with E-state index in [0.717, 1.165) is 6.07 Å². The van der Waals surface area contributed by atoms with E-state index in [1.165, 1.54) is 0 Å². The van der Waals surface area contributed by atoms with E-state index >= 15 is 0 Å². The Labute approximate surface area is 115 Å². The van der Waals surface area contributed by atoms with Crippen LogP contribution in [0.3, 0.4) is 0 Å². The molecule has 0 bridgehead atoms. The number of sulfonamides is 1. The topological polar surface area (TPSA) is 83.5 Å². The number of carboxylic acids is 1. The predicted molar refractivity (Wildman–Crippen MR) is 67.6 cm³/mol. The Kier molecular flexibility index (Phi) is 5.18. The third-order valence-corrected chi connectivity index (χ3v) is 4.40. The first-order chi connectivity index (χ1) is 9.19. The number of rotatable bonds is 6. The average molecular weight is 307 g/mol. The van der Waals surface area contributed by atoms with Crippen molar-refractivity contribution in [3.05, 3.63) is 29.8 Å². The molecule has 0 spiro atoms. The second kappa shape index (κ2) is 6.27. The Morgan fingerprint density at radius 1 is 1.40 bits per heavy atom. The molecule has 8 heteroatoms. The number of benzene rings is 1. The highest BCUT2D eigenvalue weighted by molar-refractivity contribution is 7.89. The van der Waals surface area contributed by atoms with E-state index < -0.39 is 44.5 Å². The van der Waals surface area contributed by atoms with Gasteiger partial charge in [-0.2, -0.15) is 4.72 Å². The van der Waals surface area contributed by atoms with Crippen LogP contribution < -0.4 is 4.72 Å². The lowest BCUT2D eigenvalue weighted by molar-refractivity contribution is -0.140. The fourth-order valence-electron chi connectivity index (χ4n) is 1.56. The quantitative estimate of drug-likeness (QED) is 0.838. The van der Waals surface area contributed by atoms with Crippen LogP contribution in [-0.4, -0.2) is 25.5 Å². The van der Waals surface area contributed by atoms with Crippen LogP contribution in [0.15, 0.2) is 23.1 Å². The maximum atomic E-state index is 13.5. The second-order valence-corrected chi connectivity index (χ2v) is 6.08. The van der Waals surface area contributed by atoms with E-state index in [1.54, 1.807) is 13.8 Å². The monoisotopic (exact) mass is 307 g/mol. The molecule has 0 amide bonds. The minimum Gasteiger partial charge on any atom is -0.480 e. The zero-order chi connectivity index (χ0) is 15.5. The van der Waals surface area contributed by atoms with Gasteiger partial charge in [-0.15, -0.1) is 0 Å². The van der Waals surface area contributed by atoms with Gasteiger partial charge < -0.3 is 5.11 Å². The number of aliphatic carboxylic acids is 1. The van der Waals surface area contributed by atoms with Gasteiger partial charge in [0.05, 0.1) is 0 Å². The van der Waals surface area contributed by atoms with Gasteiger partial charge in [0.25, 0.3) is 0 Å². The second-order valence-electron chi connectivity index (χ2n) is 4.40. The summed E-state index contributed by atoms with van der Waals surface area (Å²) in [6, 6.07) is 0.543. The molecule has 0 aromatic heterocycles. The zero-order valence-electron chi connectivity index (χ0n) is 10.9. The number of carboxylic acid groups (broad SMARTS) is 1. The summed E-state index contributed by atoms with van der Waals surface area (Å²) in [5.74, 6) is -3.95. The minimum atomic E-state index is -4.46. The van der Waals surface area contributed by atoms with Gasteiger partial charge in [0.2, 0.25) is 10.0 Å². The van der Waals surface area contributed by atoms with Crippen LogP contribution in [0, 0.1) is 17.6 Å². The molecule has 5 nitrogen and oxygen atoms in total. The van der Waals surface area contributed by atoms with Crippen molar-refractivity contribution in [3.63, 3.8) is 0 Å². The molecule has 1 aromatic carbocycles. The van der Waals surface area contributed by atoms with Crippen molar-refractivity contribution in [2.45, 2.75) is 31.2 Å². The molecular weight excluding hydrogens is 292 g/mol. The molecule has 2 atom stereocenters. The molecule has 0 aliphatic carbocycles. The van der Waals surface area contributed by atoms with Gasteiger partial charge in [-0.1, -0.05) is 20.3 Å². The molecular formula is C12H15F2NO4S. The number of carbonyl (C=O) groups is 1. The highest BCUT2D eigenvalue weighted by Crippen LogP contribution is 2.18. The summed E-state index contributed by atoms with van der Waals surface area (Å²) in [6.45, 7) is 3.24. The van der Waals surface area contributed by atoms with Crippen LogP contribution in [0.25, 0.3) is 0 Å². The molecule has 112 valence electrons. The van der Waals surface area contributed by atoms with Crippen LogP contribution in [0.2, 0.25) is 0 Å². The average Bonchev–Trinajstić information content (AvgIpc) is 2.37. The standard InChI is InChI=1S/C12H15F2NO4S/c1-3-7(2)11(12(16)17)15-20(18,19)10-6-8(13)4-5-9(10)14/h4-7,11,15H,3H2,1-2H3,(H,16,17)/t7-,11-/m0/s1. The molecule has 2 N–H and O–H groups in total. The van der Waals surface area contributed by atoms with Crippen LogP contribution in [-0.2, 0) is 14.8 Å². The Balaban J connectivity index is 3.16. The van der Waals surface area contributed by atoms with E-state index in [-0.39, 0.29) is 0 Å². The molecule has 1 aromatic rings. The minimum absolute atomic E-state index is 0.408. The summed E-state index contributed by atoms with van der Waals surface area (Å²) >= 11 is 0. The van der Waals surface area contributed by atoms with E-state index in [1.807, 2.05) is 4.72 Å². The van der Waals surface area contributed by atoms with Gasteiger partial charge >= 0.3 is 5.97 Å². The Bertz CT molecular complexity index is 603. The van der Waals surface area contributed by atoms with Crippen molar-refractivity contribution < 1.29 is 27.1 Å². The number of hydrogen-bond acceptors (Lipinski definition) is 3. The third-order valence-electron chi connectivity index (χ3n) is 2.94. The Morgan fingerprint density at radius 3 is 2.50 bits per heavy atom. The van der Waals surface area contributed by atoms with Crippen LogP contribution >= 0.6 is 0 Å². The van der Waals surface area contributed by atoms with Crippen molar-refractivity contribution in [3.8, 4) is 0 Å². The first kappa shape index (κ1) is 16.5. The van der Waals surface area contributed by atoms with Crippen LogP contribution in [0.4, 0.5) is 8.78 Å². The molecule has 0 fully saturated rings. The number of nitrogens with one attached hydrogen (secondary N) is 1. The third kappa shape index (κ3) is 3.73. The predicted octanol–water partition coefficient (Wildman–Crippen LogP) is 1.74. The van der Waals surface area contributed by atoms with Gasteiger partial charge in [0.1, 0.15) is 22.6 Å². The van der Waals surface area contributed by atoms with Crippen molar-refractivity contribution in [2.24, 2.45) is 5.92 Å². The first-order valence-corrected chi connectivity index (χ1v) is 7.37. The molecule has 1 rings (SSSR count). The van der Waals surface area contributed by atoms with Gasteiger partial charge in [-0.05, 0) is 24.1 Å². The van der Waals surface area contributed by atoms with Gasteiger partial charge in [0, 0.05) is 0 Å². The largest absolute Gasteiger partial charge is 0.480 e. The van der Waals surface area contributed by atoms with Crippen LogP contribution in [0.1, 0.15) is 20.3 Å². The SMILES string of the molecule is CC[C@H](C)[C@H](NS(=O)(=O)c1cc(F)ccc1F)C(=O)O. The smallest absolute Gasteiger partial charge is 0.322 e.